The number of ether oxygens (including phenoxy) is 1. The summed E-state index contributed by atoms with van der Waals surface area (Å²) < 4.78 is 5.35. The molecule has 4 heteroatoms. The van der Waals surface area contributed by atoms with Crippen molar-refractivity contribution in [2.75, 3.05) is 13.1 Å². The summed E-state index contributed by atoms with van der Waals surface area (Å²) in [5.74, 6) is 0.554. The molecule has 2 unspecified atom stereocenters. The second-order valence-electron chi connectivity index (χ2n) is 5.93. The molecule has 1 saturated heterocycles. The van der Waals surface area contributed by atoms with E-state index in [1.807, 2.05) is 20.8 Å². The molecule has 0 bridgehead atoms. The molecule has 0 aromatic carbocycles. The Morgan fingerprint density at radius 2 is 2.12 bits per heavy atom. The number of amides is 1. The van der Waals surface area contributed by atoms with Gasteiger partial charge in [0.2, 0.25) is 0 Å². The summed E-state index contributed by atoms with van der Waals surface area (Å²) in [5.41, 5.74) is 5.68. The molecule has 4 nitrogen and oxygen atoms in total. The largest absolute Gasteiger partial charge is 0.444 e. The van der Waals surface area contributed by atoms with Crippen LogP contribution in [-0.2, 0) is 4.74 Å². The van der Waals surface area contributed by atoms with E-state index < -0.39 is 5.60 Å². The molecule has 1 aliphatic rings. The molecule has 2 atom stereocenters. The van der Waals surface area contributed by atoms with Crippen molar-refractivity contribution in [3.63, 3.8) is 0 Å². The van der Waals surface area contributed by atoms with Crippen molar-refractivity contribution in [3.8, 4) is 0 Å². The number of rotatable bonds is 2. The topological polar surface area (TPSA) is 55.6 Å². The molecule has 0 radical (unpaired) electrons. The lowest BCUT2D eigenvalue weighted by molar-refractivity contribution is 0.0156. The van der Waals surface area contributed by atoms with E-state index in [9.17, 15) is 4.79 Å². The van der Waals surface area contributed by atoms with Crippen LogP contribution in [0.4, 0.5) is 4.79 Å². The maximum absolute atomic E-state index is 11.9. The monoisotopic (exact) mass is 242 g/mol. The normalized spacial score (nSPS) is 25.8. The average molecular weight is 242 g/mol. The highest BCUT2D eigenvalue weighted by molar-refractivity contribution is 5.68. The number of carbonyl (C=O) groups is 1. The standard InChI is InChI=1S/C13H26N2O2/c1-5-6-10-7-8-15(9-11(10)14)12(16)17-13(2,3)4/h10-11H,5-9,14H2,1-4H3. The minimum absolute atomic E-state index is 0.0937. The van der Waals surface area contributed by atoms with Gasteiger partial charge in [0.05, 0.1) is 0 Å². The lowest BCUT2D eigenvalue weighted by Gasteiger charge is -2.37. The summed E-state index contributed by atoms with van der Waals surface area (Å²) in [4.78, 5) is 13.6. The van der Waals surface area contributed by atoms with Crippen LogP contribution in [0, 0.1) is 5.92 Å². The molecule has 1 amide bonds. The van der Waals surface area contributed by atoms with Crippen molar-refractivity contribution in [2.45, 2.75) is 58.6 Å². The summed E-state index contributed by atoms with van der Waals surface area (Å²) in [6.45, 7) is 9.22. The summed E-state index contributed by atoms with van der Waals surface area (Å²) in [6, 6.07) is 0.0937. The smallest absolute Gasteiger partial charge is 0.410 e. The molecule has 0 spiro atoms. The predicted molar refractivity (Wildman–Crippen MR) is 68.8 cm³/mol. The highest BCUT2D eigenvalue weighted by Crippen LogP contribution is 2.22. The van der Waals surface area contributed by atoms with Gasteiger partial charge in [0, 0.05) is 19.1 Å². The van der Waals surface area contributed by atoms with E-state index in [1.165, 1.54) is 0 Å². The van der Waals surface area contributed by atoms with Crippen molar-refractivity contribution in [1.82, 2.24) is 4.90 Å². The molecule has 0 saturated carbocycles. The zero-order valence-electron chi connectivity index (χ0n) is 11.5. The zero-order valence-corrected chi connectivity index (χ0v) is 11.5. The fraction of sp³-hybridized carbons (Fsp3) is 0.923. The lowest BCUT2D eigenvalue weighted by atomic mass is 9.88. The van der Waals surface area contributed by atoms with Crippen molar-refractivity contribution in [1.29, 1.82) is 0 Å². The SMILES string of the molecule is CCCC1CCN(C(=O)OC(C)(C)C)CC1N. The Balaban J connectivity index is 2.46. The van der Waals surface area contributed by atoms with Crippen molar-refractivity contribution >= 4 is 6.09 Å². The minimum atomic E-state index is -0.429. The number of piperidine rings is 1. The first-order valence-electron chi connectivity index (χ1n) is 6.57. The van der Waals surface area contributed by atoms with E-state index >= 15 is 0 Å². The number of nitrogens with two attached hydrogens (primary N) is 1. The van der Waals surface area contributed by atoms with E-state index in [0.29, 0.717) is 12.5 Å². The molecule has 0 aromatic heterocycles. The summed E-state index contributed by atoms with van der Waals surface area (Å²) >= 11 is 0. The maximum Gasteiger partial charge on any atom is 0.410 e. The van der Waals surface area contributed by atoms with Gasteiger partial charge in [-0.1, -0.05) is 13.3 Å². The van der Waals surface area contributed by atoms with Crippen LogP contribution in [0.15, 0.2) is 0 Å². The van der Waals surface area contributed by atoms with E-state index in [-0.39, 0.29) is 12.1 Å². The Morgan fingerprint density at radius 1 is 1.47 bits per heavy atom. The van der Waals surface area contributed by atoms with Gasteiger partial charge in [0.15, 0.2) is 0 Å². The van der Waals surface area contributed by atoms with Crippen molar-refractivity contribution < 1.29 is 9.53 Å². The van der Waals surface area contributed by atoms with E-state index in [4.69, 9.17) is 10.5 Å². The van der Waals surface area contributed by atoms with Gasteiger partial charge in [-0.15, -0.1) is 0 Å². The van der Waals surface area contributed by atoms with Crippen LogP contribution < -0.4 is 5.73 Å². The first kappa shape index (κ1) is 14.3. The van der Waals surface area contributed by atoms with Gasteiger partial charge in [-0.05, 0) is 39.5 Å². The summed E-state index contributed by atoms with van der Waals surface area (Å²) in [6.07, 6.45) is 3.07. The lowest BCUT2D eigenvalue weighted by Crippen LogP contribution is -2.51. The third kappa shape index (κ3) is 4.54. The molecule has 2 N–H and O–H groups in total. The number of likely N-dealkylation sites (tertiary alicyclic amines) is 1. The Morgan fingerprint density at radius 3 is 2.59 bits per heavy atom. The van der Waals surface area contributed by atoms with Crippen LogP contribution >= 0.6 is 0 Å². The molecule has 1 heterocycles. The van der Waals surface area contributed by atoms with E-state index in [2.05, 4.69) is 6.92 Å². The third-order valence-corrected chi connectivity index (χ3v) is 3.12. The number of hydrogen-bond acceptors (Lipinski definition) is 3. The predicted octanol–water partition coefficient (Wildman–Crippen LogP) is 2.37. The Hall–Kier alpha value is -0.770. The van der Waals surface area contributed by atoms with Gasteiger partial charge in [-0.25, -0.2) is 4.79 Å². The Kier molecular flexibility index (Phi) is 4.80. The minimum Gasteiger partial charge on any atom is -0.444 e. The molecular weight excluding hydrogens is 216 g/mol. The Bertz CT molecular complexity index is 261. The molecule has 1 aliphatic heterocycles. The Labute approximate surface area is 104 Å². The maximum atomic E-state index is 11.9. The van der Waals surface area contributed by atoms with Crippen LogP contribution in [0.5, 0.6) is 0 Å². The van der Waals surface area contributed by atoms with Crippen molar-refractivity contribution in [2.24, 2.45) is 11.7 Å². The van der Waals surface area contributed by atoms with Gasteiger partial charge in [0.25, 0.3) is 0 Å². The zero-order chi connectivity index (χ0) is 13.1. The van der Waals surface area contributed by atoms with E-state index in [0.717, 1.165) is 25.8 Å². The molecule has 0 aliphatic carbocycles. The first-order valence-corrected chi connectivity index (χ1v) is 6.57. The number of hydrogen-bond donors (Lipinski definition) is 1. The van der Waals surface area contributed by atoms with Gasteiger partial charge in [-0.2, -0.15) is 0 Å². The average Bonchev–Trinajstić information content (AvgIpc) is 2.18. The first-order chi connectivity index (χ1) is 7.83. The van der Waals surface area contributed by atoms with Gasteiger partial charge in [-0.3, -0.25) is 0 Å². The summed E-state index contributed by atoms with van der Waals surface area (Å²) in [7, 11) is 0. The second kappa shape index (κ2) is 5.71. The quantitative estimate of drug-likeness (QED) is 0.808. The van der Waals surface area contributed by atoms with E-state index in [1.54, 1.807) is 4.90 Å². The second-order valence-corrected chi connectivity index (χ2v) is 5.93. The summed E-state index contributed by atoms with van der Waals surface area (Å²) in [5, 5.41) is 0. The molecule has 1 rings (SSSR count). The van der Waals surface area contributed by atoms with Gasteiger partial charge >= 0.3 is 6.09 Å². The van der Waals surface area contributed by atoms with Crippen LogP contribution in [0.3, 0.4) is 0 Å². The van der Waals surface area contributed by atoms with Crippen molar-refractivity contribution in [3.05, 3.63) is 0 Å². The highest BCUT2D eigenvalue weighted by atomic mass is 16.6. The van der Waals surface area contributed by atoms with Gasteiger partial charge in [0.1, 0.15) is 5.60 Å². The number of nitrogens with zero attached hydrogens (tertiary/aromatic N) is 1. The van der Waals surface area contributed by atoms with Crippen LogP contribution in [0.25, 0.3) is 0 Å². The molecule has 0 aromatic rings. The van der Waals surface area contributed by atoms with Crippen LogP contribution in [0.1, 0.15) is 47.0 Å². The fourth-order valence-corrected chi connectivity index (χ4v) is 2.25. The molecular formula is C13H26N2O2. The van der Waals surface area contributed by atoms with Crippen LogP contribution in [-0.4, -0.2) is 35.7 Å². The van der Waals surface area contributed by atoms with Gasteiger partial charge < -0.3 is 15.4 Å². The molecule has 100 valence electrons. The number of carbonyl (C=O) groups excluding carboxylic acids is 1. The third-order valence-electron chi connectivity index (χ3n) is 3.12. The van der Waals surface area contributed by atoms with Crippen LogP contribution in [0.2, 0.25) is 0 Å². The highest BCUT2D eigenvalue weighted by Gasteiger charge is 2.30. The molecule has 1 fully saturated rings. The molecule has 17 heavy (non-hydrogen) atoms. The fourth-order valence-electron chi connectivity index (χ4n) is 2.25.